The van der Waals surface area contributed by atoms with Crippen LogP contribution >= 0.6 is 0 Å². The highest BCUT2D eigenvalue weighted by molar-refractivity contribution is 5.99. The maximum Gasteiger partial charge on any atom is 0.179 e. The smallest absolute Gasteiger partial charge is 0.179 e. The summed E-state index contributed by atoms with van der Waals surface area (Å²) in [6, 6.07) is 9.33. The Balaban J connectivity index is 2.78. The molecule has 0 aromatic heterocycles. The third-order valence-corrected chi connectivity index (χ3v) is 2.13. The Kier molecular flexibility index (Phi) is 3.65. The Labute approximate surface area is 79.0 Å². The number of likely N-dealkylation sites (N-methyl/N-ethyl adjacent to an activating group) is 1. The summed E-state index contributed by atoms with van der Waals surface area (Å²) in [5.41, 5.74) is 0.781. The summed E-state index contributed by atoms with van der Waals surface area (Å²) in [5, 5.41) is 3.00. The van der Waals surface area contributed by atoms with Crippen LogP contribution < -0.4 is 5.32 Å². The lowest BCUT2D eigenvalue weighted by Crippen LogP contribution is -2.33. The molecule has 2 nitrogen and oxygen atoms in total. The van der Waals surface area contributed by atoms with Crippen LogP contribution in [0, 0.1) is 0 Å². The molecule has 2 heteroatoms. The van der Waals surface area contributed by atoms with Gasteiger partial charge in [-0.25, -0.2) is 0 Å². The Hall–Kier alpha value is -1.15. The van der Waals surface area contributed by atoms with E-state index in [2.05, 4.69) is 5.32 Å². The summed E-state index contributed by atoms with van der Waals surface area (Å²) in [6.45, 7) is 2.00. The van der Waals surface area contributed by atoms with Crippen molar-refractivity contribution >= 4 is 5.78 Å². The molecule has 0 fully saturated rings. The molecule has 1 N–H and O–H groups in total. The van der Waals surface area contributed by atoms with Crippen LogP contribution in [-0.2, 0) is 0 Å². The van der Waals surface area contributed by atoms with Crippen LogP contribution in [0.2, 0.25) is 0 Å². The van der Waals surface area contributed by atoms with Gasteiger partial charge < -0.3 is 5.32 Å². The number of hydrogen-bond acceptors (Lipinski definition) is 2. The van der Waals surface area contributed by atoms with Gasteiger partial charge in [-0.15, -0.1) is 0 Å². The number of nitrogens with one attached hydrogen (secondary N) is 1. The predicted molar refractivity (Wildman–Crippen MR) is 53.9 cm³/mol. The normalized spacial score (nSPS) is 12.5. The Morgan fingerprint density at radius 2 is 2.00 bits per heavy atom. The van der Waals surface area contributed by atoms with Gasteiger partial charge in [0.05, 0.1) is 6.04 Å². The molecule has 1 unspecified atom stereocenters. The van der Waals surface area contributed by atoms with E-state index < -0.39 is 0 Å². The molecule has 0 saturated heterocycles. The summed E-state index contributed by atoms with van der Waals surface area (Å²) in [6.07, 6.45) is 0.824. The first kappa shape index (κ1) is 9.93. The van der Waals surface area contributed by atoms with Crippen molar-refractivity contribution in [2.45, 2.75) is 19.4 Å². The van der Waals surface area contributed by atoms with Crippen molar-refractivity contribution in [1.82, 2.24) is 5.32 Å². The molecular weight excluding hydrogens is 168 g/mol. The molecule has 0 heterocycles. The minimum absolute atomic E-state index is 0.0533. The van der Waals surface area contributed by atoms with E-state index in [1.54, 1.807) is 0 Å². The van der Waals surface area contributed by atoms with E-state index in [0.29, 0.717) is 0 Å². The van der Waals surface area contributed by atoms with Crippen molar-refractivity contribution in [2.24, 2.45) is 0 Å². The molecule has 0 aliphatic carbocycles. The van der Waals surface area contributed by atoms with Gasteiger partial charge >= 0.3 is 0 Å². The quantitative estimate of drug-likeness (QED) is 0.722. The zero-order chi connectivity index (χ0) is 9.68. The summed E-state index contributed by atoms with van der Waals surface area (Å²) in [4.78, 5) is 11.7. The van der Waals surface area contributed by atoms with E-state index in [9.17, 15) is 4.79 Å². The summed E-state index contributed by atoms with van der Waals surface area (Å²) in [5.74, 6) is 0.172. The fourth-order valence-corrected chi connectivity index (χ4v) is 1.32. The molecule has 0 saturated carbocycles. The molecule has 0 spiro atoms. The van der Waals surface area contributed by atoms with E-state index in [0.717, 1.165) is 12.0 Å². The van der Waals surface area contributed by atoms with Crippen molar-refractivity contribution in [3.8, 4) is 0 Å². The molecule has 1 atom stereocenters. The third kappa shape index (κ3) is 2.39. The molecule has 0 radical (unpaired) electrons. The fourth-order valence-electron chi connectivity index (χ4n) is 1.32. The lowest BCUT2D eigenvalue weighted by atomic mass is 10.2. The Morgan fingerprint density at radius 1 is 1.38 bits per heavy atom. The van der Waals surface area contributed by atoms with E-state index in [-0.39, 0.29) is 11.8 Å². The Morgan fingerprint density at radius 3 is 2.46 bits per heavy atom. The van der Waals surface area contributed by atoms with Gasteiger partial charge in [-0.2, -0.15) is 0 Å². The Bertz CT molecular complexity index is 265. The van der Waals surface area contributed by atoms with E-state index in [1.165, 1.54) is 0 Å². The van der Waals surface area contributed by atoms with Crippen LogP contribution in [0.5, 0.6) is 0 Å². The van der Waals surface area contributed by atoms with Crippen LogP contribution in [0.3, 0.4) is 0 Å². The molecular formula is C11H15NO. The van der Waals surface area contributed by atoms with Crippen molar-refractivity contribution in [3.63, 3.8) is 0 Å². The minimum Gasteiger partial charge on any atom is -0.310 e. The first-order valence-electron chi connectivity index (χ1n) is 4.56. The number of rotatable bonds is 4. The third-order valence-electron chi connectivity index (χ3n) is 2.13. The molecule has 1 aromatic carbocycles. The number of Topliss-reactive ketones (excluding diaryl/α,β-unsaturated/α-hetero) is 1. The summed E-state index contributed by atoms with van der Waals surface area (Å²) in [7, 11) is 1.81. The van der Waals surface area contributed by atoms with E-state index >= 15 is 0 Å². The average molecular weight is 183 g/mol. The predicted octanol–water partition coefficient (Wildman–Crippen LogP) is 1.87. The van der Waals surface area contributed by atoms with Crippen LogP contribution in [0.1, 0.15) is 23.7 Å². The summed E-state index contributed by atoms with van der Waals surface area (Å²) >= 11 is 0. The second-order valence-corrected chi connectivity index (χ2v) is 2.98. The van der Waals surface area contributed by atoms with Gasteiger partial charge in [0.15, 0.2) is 5.78 Å². The number of carbonyl (C=O) groups excluding carboxylic acids is 1. The van der Waals surface area contributed by atoms with Crippen molar-refractivity contribution in [1.29, 1.82) is 0 Å². The molecule has 70 valence electrons. The monoisotopic (exact) mass is 183 g/mol. The highest BCUT2D eigenvalue weighted by atomic mass is 16.1. The largest absolute Gasteiger partial charge is 0.310 e. The maximum atomic E-state index is 11.7. The highest BCUT2D eigenvalue weighted by Gasteiger charge is 2.14. The first-order chi connectivity index (χ1) is 6.29. The van der Waals surface area contributed by atoms with Gasteiger partial charge in [-0.3, -0.25) is 4.79 Å². The van der Waals surface area contributed by atoms with Crippen molar-refractivity contribution in [3.05, 3.63) is 35.9 Å². The number of benzene rings is 1. The zero-order valence-electron chi connectivity index (χ0n) is 8.08. The molecule has 0 aliphatic heterocycles. The standard InChI is InChI=1S/C11H15NO/c1-3-10(12-2)11(13)9-7-5-4-6-8-9/h4-8,10,12H,3H2,1-2H3/i4+1,5+1,6+1,7+1,8+1,9+1. The number of hydrogen-bond donors (Lipinski definition) is 1. The van der Waals surface area contributed by atoms with Crippen molar-refractivity contribution in [2.75, 3.05) is 7.05 Å². The van der Waals surface area contributed by atoms with Crippen LogP contribution in [0.15, 0.2) is 30.3 Å². The number of ketones is 1. The zero-order valence-corrected chi connectivity index (χ0v) is 8.08. The average Bonchev–Trinajstić information content (AvgIpc) is 2.21. The van der Waals surface area contributed by atoms with Crippen molar-refractivity contribution < 1.29 is 4.79 Å². The summed E-state index contributed by atoms with van der Waals surface area (Å²) < 4.78 is 0. The topological polar surface area (TPSA) is 29.1 Å². The fraction of sp³-hybridized carbons (Fsp3) is 0.364. The lowest BCUT2D eigenvalue weighted by Gasteiger charge is -2.11. The second kappa shape index (κ2) is 4.77. The van der Waals surface area contributed by atoms with Gasteiger partial charge in [-0.05, 0) is 13.5 Å². The van der Waals surface area contributed by atoms with Gasteiger partial charge in [0.1, 0.15) is 0 Å². The van der Waals surface area contributed by atoms with Gasteiger partial charge in [0, 0.05) is 5.56 Å². The lowest BCUT2D eigenvalue weighted by molar-refractivity contribution is 0.0945. The van der Waals surface area contributed by atoms with E-state index in [4.69, 9.17) is 0 Å². The SMILES string of the molecule is CCC(NC)C(=O)[13c]1[13cH][13cH][13cH][13cH][13cH]1. The first-order valence-corrected chi connectivity index (χ1v) is 4.56. The van der Waals surface area contributed by atoms with Gasteiger partial charge in [-0.1, -0.05) is 37.3 Å². The molecule has 0 amide bonds. The second-order valence-electron chi connectivity index (χ2n) is 2.98. The van der Waals surface area contributed by atoms with Gasteiger partial charge in [0.2, 0.25) is 0 Å². The van der Waals surface area contributed by atoms with Crippen LogP contribution in [-0.4, -0.2) is 18.9 Å². The molecule has 1 aromatic rings. The number of carbonyl (C=O) groups is 1. The molecule has 13 heavy (non-hydrogen) atoms. The maximum absolute atomic E-state index is 11.7. The van der Waals surface area contributed by atoms with Crippen LogP contribution in [0.25, 0.3) is 0 Å². The molecule has 0 bridgehead atoms. The highest BCUT2D eigenvalue weighted by Crippen LogP contribution is 2.05. The minimum atomic E-state index is -0.0533. The van der Waals surface area contributed by atoms with Gasteiger partial charge in [0.25, 0.3) is 0 Å². The van der Waals surface area contributed by atoms with Crippen LogP contribution in [0.4, 0.5) is 0 Å². The molecule has 1 rings (SSSR count). The van der Waals surface area contributed by atoms with E-state index in [1.807, 2.05) is 44.3 Å². The molecule has 0 aliphatic rings.